The van der Waals surface area contributed by atoms with Gasteiger partial charge in [0.1, 0.15) is 0 Å². The fraction of sp³-hybridized carbons (Fsp3) is 0.391. The molecule has 1 aromatic carbocycles. The predicted molar refractivity (Wildman–Crippen MR) is 118 cm³/mol. The molecule has 3 aromatic rings. The van der Waals surface area contributed by atoms with E-state index in [1.807, 2.05) is 45.9 Å². The van der Waals surface area contributed by atoms with Crippen molar-refractivity contribution < 1.29 is 9.53 Å². The van der Waals surface area contributed by atoms with Gasteiger partial charge in [0.25, 0.3) is 5.91 Å². The SMILES string of the molecule is CC.Cc1cc(OCC(=O)NCc2cccc3[nH]ncc23)nc(C)c1C(=N)C1CC1. The van der Waals surface area contributed by atoms with E-state index in [4.69, 9.17) is 10.1 Å². The minimum Gasteiger partial charge on any atom is -0.468 e. The molecule has 0 bridgehead atoms. The number of aromatic amines is 1. The van der Waals surface area contributed by atoms with Crippen LogP contribution in [0.4, 0.5) is 0 Å². The number of ether oxygens (including phenoxy) is 1. The van der Waals surface area contributed by atoms with Crippen molar-refractivity contribution in [3.63, 3.8) is 0 Å². The summed E-state index contributed by atoms with van der Waals surface area (Å²) >= 11 is 0. The third kappa shape index (κ3) is 4.84. The largest absolute Gasteiger partial charge is 0.468 e. The van der Waals surface area contributed by atoms with Gasteiger partial charge in [-0.25, -0.2) is 4.98 Å². The number of amides is 1. The summed E-state index contributed by atoms with van der Waals surface area (Å²) in [4.78, 5) is 16.6. The molecule has 7 heteroatoms. The van der Waals surface area contributed by atoms with Gasteiger partial charge in [0.15, 0.2) is 6.61 Å². The minimum atomic E-state index is -0.215. The minimum absolute atomic E-state index is 0.105. The first-order valence-electron chi connectivity index (χ1n) is 10.4. The Morgan fingerprint density at radius 2 is 2.07 bits per heavy atom. The monoisotopic (exact) mass is 407 g/mol. The number of rotatable bonds is 7. The van der Waals surface area contributed by atoms with E-state index in [0.29, 0.717) is 24.1 Å². The first-order valence-corrected chi connectivity index (χ1v) is 10.4. The number of carbonyl (C=O) groups excluding carboxylic acids is 1. The number of carbonyl (C=O) groups is 1. The molecule has 3 N–H and O–H groups in total. The van der Waals surface area contributed by atoms with Gasteiger partial charge in [0.05, 0.1) is 17.4 Å². The van der Waals surface area contributed by atoms with E-state index in [1.165, 1.54) is 0 Å². The topological polar surface area (TPSA) is 104 Å². The summed E-state index contributed by atoms with van der Waals surface area (Å²) in [5, 5.41) is 19.1. The number of nitrogens with zero attached hydrogens (tertiary/aromatic N) is 2. The van der Waals surface area contributed by atoms with Gasteiger partial charge in [0.2, 0.25) is 5.88 Å². The second kappa shape index (κ2) is 9.52. The summed E-state index contributed by atoms with van der Waals surface area (Å²) in [7, 11) is 0. The molecular formula is C23H29N5O2. The van der Waals surface area contributed by atoms with Crippen molar-refractivity contribution in [2.75, 3.05) is 6.61 Å². The van der Waals surface area contributed by atoms with Gasteiger partial charge < -0.3 is 15.5 Å². The molecule has 1 aliphatic rings. The first kappa shape index (κ1) is 21.5. The molecule has 1 amide bonds. The number of fused-ring (bicyclic) bond motifs is 1. The van der Waals surface area contributed by atoms with E-state index in [9.17, 15) is 4.79 Å². The molecule has 1 aliphatic carbocycles. The summed E-state index contributed by atoms with van der Waals surface area (Å²) < 4.78 is 5.59. The lowest BCUT2D eigenvalue weighted by Crippen LogP contribution is -2.28. The molecule has 158 valence electrons. The molecule has 0 radical (unpaired) electrons. The Kier molecular flexibility index (Phi) is 6.82. The third-order valence-corrected chi connectivity index (χ3v) is 5.03. The Hall–Kier alpha value is -3.22. The molecule has 0 spiro atoms. The van der Waals surface area contributed by atoms with Gasteiger partial charge in [-0.1, -0.05) is 26.0 Å². The zero-order valence-corrected chi connectivity index (χ0v) is 18.0. The number of benzene rings is 1. The summed E-state index contributed by atoms with van der Waals surface area (Å²) in [5.41, 5.74) is 5.25. The molecule has 1 saturated carbocycles. The van der Waals surface area contributed by atoms with Crippen molar-refractivity contribution in [1.82, 2.24) is 20.5 Å². The molecule has 0 saturated heterocycles. The average Bonchev–Trinajstić information content (AvgIpc) is 3.48. The maximum atomic E-state index is 12.2. The van der Waals surface area contributed by atoms with E-state index in [1.54, 1.807) is 12.3 Å². The predicted octanol–water partition coefficient (Wildman–Crippen LogP) is 4.07. The van der Waals surface area contributed by atoms with Crippen molar-refractivity contribution in [1.29, 1.82) is 5.41 Å². The van der Waals surface area contributed by atoms with E-state index in [-0.39, 0.29) is 12.5 Å². The lowest BCUT2D eigenvalue weighted by atomic mass is 10.00. The summed E-state index contributed by atoms with van der Waals surface area (Å²) in [6.45, 7) is 8.14. The van der Waals surface area contributed by atoms with Crippen LogP contribution in [0.1, 0.15) is 49.1 Å². The van der Waals surface area contributed by atoms with Gasteiger partial charge in [-0.2, -0.15) is 5.10 Å². The van der Waals surface area contributed by atoms with E-state index >= 15 is 0 Å². The summed E-state index contributed by atoms with van der Waals surface area (Å²) in [6.07, 6.45) is 3.93. The smallest absolute Gasteiger partial charge is 0.258 e. The van der Waals surface area contributed by atoms with Crippen LogP contribution in [-0.2, 0) is 11.3 Å². The molecule has 0 atom stereocenters. The number of nitrogens with one attached hydrogen (secondary N) is 3. The standard InChI is InChI=1S/C21H23N5O2.C2H6/c1-12-8-19(25-13(2)20(12)21(22)14-6-7-14)28-11-18(27)23-9-15-4-3-5-17-16(15)10-24-26-17;1-2/h3-5,8,10,14,22H,6-7,9,11H2,1-2H3,(H,23,27)(H,24,26);1-2H3. The Morgan fingerprint density at radius 1 is 1.30 bits per heavy atom. The zero-order chi connectivity index (χ0) is 21.7. The third-order valence-electron chi connectivity index (χ3n) is 5.03. The van der Waals surface area contributed by atoms with E-state index < -0.39 is 0 Å². The molecule has 1 fully saturated rings. The first-order chi connectivity index (χ1) is 14.5. The highest BCUT2D eigenvalue weighted by atomic mass is 16.5. The van der Waals surface area contributed by atoms with Crippen LogP contribution in [0.25, 0.3) is 10.9 Å². The summed E-state index contributed by atoms with van der Waals surface area (Å²) in [6, 6.07) is 7.63. The van der Waals surface area contributed by atoms with E-state index in [2.05, 4.69) is 20.5 Å². The lowest BCUT2D eigenvalue weighted by Gasteiger charge is -2.13. The summed E-state index contributed by atoms with van der Waals surface area (Å²) in [5.74, 6) is 0.568. The van der Waals surface area contributed by atoms with Crippen molar-refractivity contribution in [2.24, 2.45) is 5.92 Å². The quantitative estimate of drug-likeness (QED) is 0.514. The molecule has 4 rings (SSSR count). The maximum absolute atomic E-state index is 12.2. The lowest BCUT2D eigenvalue weighted by molar-refractivity contribution is -0.123. The zero-order valence-electron chi connectivity index (χ0n) is 18.0. The van der Waals surface area contributed by atoms with Crippen molar-refractivity contribution >= 4 is 22.5 Å². The van der Waals surface area contributed by atoms with Crippen molar-refractivity contribution in [3.05, 3.63) is 52.8 Å². The van der Waals surface area contributed by atoms with Gasteiger partial charge in [-0.15, -0.1) is 0 Å². The number of H-pyrrole nitrogens is 1. The molecule has 2 heterocycles. The molecule has 0 unspecified atom stereocenters. The molecule has 30 heavy (non-hydrogen) atoms. The number of aromatic nitrogens is 3. The molecule has 7 nitrogen and oxygen atoms in total. The van der Waals surface area contributed by atoms with Gasteiger partial charge in [-0.3, -0.25) is 9.89 Å². The number of hydrogen-bond acceptors (Lipinski definition) is 5. The second-order valence-corrected chi connectivity index (χ2v) is 7.24. The van der Waals surface area contributed by atoms with Gasteiger partial charge in [0, 0.05) is 35.2 Å². The Balaban J connectivity index is 0.00000124. The van der Waals surface area contributed by atoms with Crippen LogP contribution >= 0.6 is 0 Å². The van der Waals surface area contributed by atoms with Crippen LogP contribution in [-0.4, -0.2) is 33.4 Å². The fourth-order valence-corrected chi connectivity index (χ4v) is 3.42. The van der Waals surface area contributed by atoms with E-state index in [0.717, 1.165) is 46.1 Å². The number of aryl methyl sites for hydroxylation is 2. The Labute approximate surface area is 176 Å². The number of pyridine rings is 1. The molecule has 2 aromatic heterocycles. The average molecular weight is 408 g/mol. The van der Waals surface area contributed by atoms with Crippen LogP contribution < -0.4 is 10.1 Å². The highest BCUT2D eigenvalue weighted by Gasteiger charge is 2.29. The van der Waals surface area contributed by atoms with Crippen LogP contribution in [0, 0.1) is 25.2 Å². The second-order valence-electron chi connectivity index (χ2n) is 7.24. The molecular weight excluding hydrogens is 378 g/mol. The molecule has 0 aliphatic heterocycles. The Bertz CT molecular complexity index is 1030. The van der Waals surface area contributed by atoms with Gasteiger partial charge in [-0.05, 0) is 43.9 Å². The highest BCUT2D eigenvalue weighted by Crippen LogP contribution is 2.34. The van der Waals surface area contributed by atoms with Crippen LogP contribution in [0.3, 0.4) is 0 Å². The Morgan fingerprint density at radius 3 is 2.77 bits per heavy atom. The van der Waals surface area contributed by atoms with Crippen molar-refractivity contribution in [3.8, 4) is 5.88 Å². The van der Waals surface area contributed by atoms with Crippen LogP contribution in [0.15, 0.2) is 30.5 Å². The normalized spacial score (nSPS) is 12.8. The van der Waals surface area contributed by atoms with Crippen LogP contribution in [0.2, 0.25) is 0 Å². The van der Waals surface area contributed by atoms with Gasteiger partial charge >= 0.3 is 0 Å². The maximum Gasteiger partial charge on any atom is 0.258 e. The van der Waals surface area contributed by atoms with Crippen molar-refractivity contribution in [2.45, 2.75) is 47.1 Å². The number of hydrogen-bond donors (Lipinski definition) is 3. The highest BCUT2D eigenvalue weighted by molar-refractivity contribution is 6.03. The van der Waals surface area contributed by atoms with Crippen LogP contribution in [0.5, 0.6) is 5.88 Å². The fourth-order valence-electron chi connectivity index (χ4n) is 3.42.